The average molecular weight is 325 g/mol. The largest absolute Gasteiger partial charge is 0.492 e. The molecule has 0 saturated carbocycles. The van der Waals surface area contributed by atoms with Crippen molar-refractivity contribution < 1.29 is 4.74 Å². The van der Waals surface area contributed by atoms with Gasteiger partial charge in [0.05, 0.1) is 0 Å². The van der Waals surface area contributed by atoms with Crippen molar-refractivity contribution in [2.75, 3.05) is 20.2 Å². The first-order valence-corrected chi connectivity index (χ1v) is 8.29. The number of aryl methyl sites for hydroxylation is 2. The Kier molecular flexibility index (Phi) is 6.13. The maximum atomic E-state index is 6.04. The molecule has 4 heteroatoms. The van der Waals surface area contributed by atoms with Crippen molar-refractivity contribution in [2.24, 2.45) is 0 Å². The van der Waals surface area contributed by atoms with Crippen LogP contribution in [-0.4, -0.2) is 43.2 Å². The maximum Gasteiger partial charge on any atom is 0.125 e. The lowest BCUT2D eigenvalue weighted by atomic mass is 9.99. The van der Waals surface area contributed by atoms with E-state index in [1.54, 1.807) is 0 Å². The Morgan fingerprint density at radius 2 is 1.73 bits per heavy atom. The first kappa shape index (κ1) is 17.6. The lowest BCUT2D eigenvalue weighted by Crippen LogP contribution is -2.47. The molecule has 124 valence electrons. The topological polar surface area (TPSA) is 24.5 Å². The molecule has 2 aliphatic heterocycles. The molecule has 1 aromatic rings. The maximum absolute atomic E-state index is 6.04. The Morgan fingerprint density at radius 1 is 1.14 bits per heavy atom. The summed E-state index contributed by atoms with van der Waals surface area (Å²) < 4.78 is 6.04. The van der Waals surface area contributed by atoms with Gasteiger partial charge in [0, 0.05) is 24.7 Å². The minimum absolute atomic E-state index is 0. The SMILES string of the molecule is Cc1cccc(C)c1OCCN(C)C1CC2CCC(C1)N2.Cl. The van der Waals surface area contributed by atoms with Crippen molar-refractivity contribution >= 4 is 12.4 Å². The molecule has 2 aliphatic rings. The number of ether oxygens (including phenoxy) is 1. The van der Waals surface area contributed by atoms with Crippen LogP contribution in [0.15, 0.2) is 18.2 Å². The summed E-state index contributed by atoms with van der Waals surface area (Å²) in [5.74, 6) is 1.07. The summed E-state index contributed by atoms with van der Waals surface area (Å²) in [5.41, 5.74) is 2.47. The third-order valence-electron chi connectivity index (χ3n) is 5.17. The van der Waals surface area contributed by atoms with E-state index in [-0.39, 0.29) is 12.4 Å². The lowest BCUT2D eigenvalue weighted by Gasteiger charge is -2.35. The molecule has 2 fully saturated rings. The zero-order valence-corrected chi connectivity index (χ0v) is 14.8. The Labute approximate surface area is 140 Å². The van der Waals surface area contributed by atoms with Gasteiger partial charge in [0.25, 0.3) is 0 Å². The van der Waals surface area contributed by atoms with Gasteiger partial charge in [0.1, 0.15) is 12.4 Å². The minimum Gasteiger partial charge on any atom is -0.492 e. The number of nitrogens with one attached hydrogen (secondary N) is 1. The molecule has 2 heterocycles. The molecule has 0 spiro atoms. The zero-order chi connectivity index (χ0) is 14.8. The fourth-order valence-electron chi connectivity index (χ4n) is 3.89. The van der Waals surface area contributed by atoms with Crippen LogP contribution in [0, 0.1) is 13.8 Å². The van der Waals surface area contributed by atoms with Crippen LogP contribution in [0.1, 0.15) is 36.8 Å². The van der Waals surface area contributed by atoms with Crippen molar-refractivity contribution in [2.45, 2.75) is 57.7 Å². The third-order valence-corrected chi connectivity index (χ3v) is 5.17. The van der Waals surface area contributed by atoms with E-state index in [1.807, 2.05) is 0 Å². The van der Waals surface area contributed by atoms with Crippen LogP contribution >= 0.6 is 12.4 Å². The van der Waals surface area contributed by atoms with Crippen LogP contribution < -0.4 is 10.1 Å². The van der Waals surface area contributed by atoms with Crippen LogP contribution in [0.2, 0.25) is 0 Å². The molecule has 0 amide bonds. The first-order chi connectivity index (χ1) is 10.1. The molecular weight excluding hydrogens is 296 g/mol. The number of para-hydroxylation sites is 1. The predicted octanol–water partition coefficient (Wildman–Crippen LogP) is 3.32. The van der Waals surface area contributed by atoms with E-state index in [0.717, 1.165) is 37.0 Å². The van der Waals surface area contributed by atoms with Gasteiger partial charge in [-0.25, -0.2) is 0 Å². The summed E-state index contributed by atoms with van der Waals surface area (Å²) >= 11 is 0. The lowest BCUT2D eigenvalue weighted by molar-refractivity contribution is 0.146. The molecule has 22 heavy (non-hydrogen) atoms. The van der Waals surface area contributed by atoms with E-state index in [0.29, 0.717) is 0 Å². The number of nitrogens with zero attached hydrogens (tertiary/aromatic N) is 1. The molecule has 3 rings (SSSR count). The van der Waals surface area contributed by atoms with Gasteiger partial charge in [-0.05, 0) is 57.7 Å². The molecular formula is C18H29ClN2O. The fourth-order valence-corrected chi connectivity index (χ4v) is 3.89. The Bertz CT molecular complexity index is 462. The van der Waals surface area contributed by atoms with Gasteiger partial charge in [-0.3, -0.25) is 4.90 Å². The molecule has 2 atom stereocenters. The summed E-state index contributed by atoms with van der Waals surface area (Å²) in [6.07, 6.45) is 5.34. The highest BCUT2D eigenvalue weighted by atomic mass is 35.5. The third kappa shape index (κ3) is 3.95. The molecule has 3 nitrogen and oxygen atoms in total. The molecule has 0 aromatic heterocycles. The Morgan fingerprint density at radius 3 is 2.32 bits per heavy atom. The van der Waals surface area contributed by atoms with Gasteiger partial charge in [-0.15, -0.1) is 12.4 Å². The van der Waals surface area contributed by atoms with Gasteiger partial charge in [0.2, 0.25) is 0 Å². The summed E-state index contributed by atoms with van der Waals surface area (Å²) in [6, 6.07) is 8.58. The number of benzene rings is 1. The summed E-state index contributed by atoms with van der Waals surface area (Å²) in [4.78, 5) is 2.50. The number of hydrogen-bond acceptors (Lipinski definition) is 3. The first-order valence-electron chi connectivity index (χ1n) is 8.29. The van der Waals surface area contributed by atoms with Gasteiger partial charge in [-0.1, -0.05) is 18.2 Å². The number of hydrogen-bond donors (Lipinski definition) is 1. The number of rotatable bonds is 5. The van der Waals surface area contributed by atoms with Gasteiger partial charge < -0.3 is 10.1 Å². The number of fused-ring (bicyclic) bond motifs is 2. The highest BCUT2D eigenvalue weighted by molar-refractivity contribution is 5.85. The van der Waals surface area contributed by atoms with Crippen LogP contribution in [0.4, 0.5) is 0 Å². The quantitative estimate of drug-likeness (QED) is 0.899. The normalized spacial score (nSPS) is 26.8. The monoisotopic (exact) mass is 324 g/mol. The van der Waals surface area contributed by atoms with Gasteiger partial charge in [-0.2, -0.15) is 0 Å². The van der Waals surface area contributed by atoms with Crippen LogP contribution in [-0.2, 0) is 0 Å². The summed E-state index contributed by atoms with van der Waals surface area (Å²) in [7, 11) is 2.25. The molecule has 2 saturated heterocycles. The molecule has 0 radical (unpaired) electrons. The van der Waals surface area contributed by atoms with Crippen LogP contribution in [0.5, 0.6) is 5.75 Å². The van der Waals surface area contributed by atoms with Crippen molar-refractivity contribution in [1.82, 2.24) is 10.2 Å². The number of piperidine rings is 1. The van der Waals surface area contributed by atoms with E-state index in [4.69, 9.17) is 4.74 Å². The van der Waals surface area contributed by atoms with Gasteiger partial charge in [0.15, 0.2) is 0 Å². The second-order valence-electron chi connectivity index (χ2n) is 6.81. The number of likely N-dealkylation sites (N-methyl/N-ethyl adjacent to an activating group) is 1. The predicted molar refractivity (Wildman–Crippen MR) is 94.3 cm³/mol. The van der Waals surface area contributed by atoms with Crippen molar-refractivity contribution in [3.8, 4) is 5.75 Å². The van der Waals surface area contributed by atoms with E-state index in [9.17, 15) is 0 Å². The Hall–Kier alpha value is -0.770. The molecule has 0 aliphatic carbocycles. The highest BCUT2D eigenvalue weighted by Crippen LogP contribution is 2.29. The second kappa shape index (κ2) is 7.67. The second-order valence-corrected chi connectivity index (χ2v) is 6.81. The molecule has 2 unspecified atom stereocenters. The van der Waals surface area contributed by atoms with E-state index < -0.39 is 0 Å². The van der Waals surface area contributed by atoms with Crippen LogP contribution in [0.25, 0.3) is 0 Å². The standard InChI is InChI=1S/C18H28N2O.ClH/c1-13-5-4-6-14(2)18(13)21-10-9-20(3)17-11-15-7-8-16(12-17)19-15;/h4-6,15-17,19H,7-12H2,1-3H3;1H. The molecule has 1 aromatic carbocycles. The van der Waals surface area contributed by atoms with E-state index in [1.165, 1.54) is 36.8 Å². The zero-order valence-electron chi connectivity index (χ0n) is 14.0. The molecule has 1 N–H and O–H groups in total. The van der Waals surface area contributed by atoms with Gasteiger partial charge >= 0.3 is 0 Å². The van der Waals surface area contributed by atoms with Crippen molar-refractivity contribution in [3.05, 3.63) is 29.3 Å². The smallest absolute Gasteiger partial charge is 0.125 e. The molecule has 2 bridgehead atoms. The minimum atomic E-state index is 0. The number of halogens is 1. The average Bonchev–Trinajstić information content (AvgIpc) is 2.80. The summed E-state index contributed by atoms with van der Waals surface area (Å²) in [6.45, 7) is 6.03. The fraction of sp³-hybridized carbons (Fsp3) is 0.667. The summed E-state index contributed by atoms with van der Waals surface area (Å²) in [5, 5.41) is 3.71. The van der Waals surface area contributed by atoms with Crippen LogP contribution in [0.3, 0.4) is 0 Å². The van der Waals surface area contributed by atoms with Crippen molar-refractivity contribution in [1.29, 1.82) is 0 Å². The van der Waals surface area contributed by atoms with Crippen molar-refractivity contribution in [3.63, 3.8) is 0 Å². The highest BCUT2D eigenvalue weighted by Gasteiger charge is 2.34. The Balaban J connectivity index is 0.00000176. The van der Waals surface area contributed by atoms with E-state index in [2.05, 4.69) is 49.3 Å². The van der Waals surface area contributed by atoms with E-state index >= 15 is 0 Å².